The standard InChI is InChI=1S/C29H28O10/c1-17(2)8-13-20-22(37-14-4-6-23(31)32)16-21(30)25-26(35)29(38-15-5-7-24(33)34)27(39-28(20)25)18-9-11-19(36-3)12-10-18/h4-12,16,30H,13-15H2,1-3H3,(H,31,32)(H,33,34)/b6-4+,7-5+. The zero-order chi connectivity index (χ0) is 28.5. The molecule has 0 aliphatic carbocycles. The number of carbonyl (C=O) groups is 2. The number of carboxylic acids is 2. The molecule has 10 heteroatoms. The largest absolute Gasteiger partial charge is 0.507 e. The minimum Gasteiger partial charge on any atom is -0.507 e. The Kier molecular flexibility index (Phi) is 9.53. The zero-order valence-electron chi connectivity index (χ0n) is 21.6. The van der Waals surface area contributed by atoms with Crippen LogP contribution in [-0.2, 0) is 16.0 Å². The molecule has 0 bridgehead atoms. The van der Waals surface area contributed by atoms with Gasteiger partial charge in [-0.25, -0.2) is 9.59 Å². The van der Waals surface area contributed by atoms with E-state index in [0.29, 0.717) is 16.9 Å². The second-order valence-corrected chi connectivity index (χ2v) is 8.48. The molecule has 204 valence electrons. The number of aromatic hydroxyl groups is 1. The van der Waals surface area contributed by atoms with E-state index >= 15 is 0 Å². The monoisotopic (exact) mass is 536 g/mol. The lowest BCUT2D eigenvalue weighted by Crippen LogP contribution is -2.12. The van der Waals surface area contributed by atoms with Crippen LogP contribution in [-0.4, -0.2) is 47.6 Å². The summed E-state index contributed by atoms with van der Waals surface area (Å²) in [5, 5.41) is 28.4. The summed E-state index contributed by atoms with van der Waals surface area (Å²) in [6.45, 7) is 3.45. The predicted molar refractivity (Wildman–Crippen MR) is 144 cm³/mol. The Morgan fingerprint density at radius 2 is 1.59 bits per heavy atom. The maximum atomic E-state index is 13.7. The quantitative estimate of drug-likeness (QED) is 0.219. The maximum Gasteiger partial charge on any atom is 0.328 e. The SMILES string of the molecule is COc1ccc(-c2oc3c(CC=C(C)C)c(OC/C=C/C(=O)O)cc(O)c3c(=O)c2OC/C=C/C(=O)O)cc1. The number of benzene rings is 2. The molecule has 3 aromatic rings. The smallest absolute Gasteiger partial charge is 0.328 e. The third kappa shape index (κ3) is 7.29. The number of methoxy groups -OCH3 is 1. The Morgan fingerprint density at radius 1 is 0.974 bits per heavy atom. The summed E-state index contributed by atoms with van der Waals surface area (Å²) in [4.78, 5) is 35.3. The number of hydrogen-bond acceptors (Lipinski definition) is 8. The van der Waals surface area contributed by atoms with Gasteiger partial charge in [-0.15, -0.1) is 0 Å². The van der Waals surface area contributed by atoms with Crippen molar-refractivity contribution < 1.29 is 43.5 Å². The molecule has 10 nitrogen and oxygen atoms in total. The Morgan fingerprint density at radius 3 is 2.15 bits per heavy atom. The zero-order valence-corrected chi connectivity index (χ0v) is 21.6. The van der Waals surface area contributed by atoms with Crippen molar-refractivity contribution in [3.8, 4) is 34.3 Å². The van der Waals surface area contributed by atoms with Crippen molar-refractivity contribution in [1.29, 1.82) is 0 Å². The molecular weight excluding hydrogens is 508 g/mol. The van der Waals surface area contributed by atoms with Crippen LogP contribution in [0.25, 0.3) is 22.3 Å². The summed E-state index contributed by atoms with van der Waals surface area (Å²) in [7, 11) is 1.51. The second-order valence-electron chi connectivity index (χ2n) is 8.48. The Hall–Kier alpha value is -4.99. The van der Waals surface area contributed by atoms with Crippen LogP contribution in [0, 0.1) is 0 Å². The van der Waals surface area contributed by atoms with E-state index in [1.54, 1.807) is 24.3 Å². The Balaban J connectivity index is 2.28. The van der Waals surface area contributed by atoms with E-state index in [-0.39, 0.29) is 47.9 Å². The number of allylic oxidation sites excluding steroid dienone is 2. The highest BCUT2D eigenvalue weighted by Crippen LogP contribution is 2.40. The molecule has 0 saturated heterocycles. The molecule has 0 unspecified atom stereocenters. The number of carboxylic acid groups (broad SMARTS) is 2. The van der Waals surface area contributed by atoms with Gasteiger partial charge in [0.1, 0.15) is 41.4 Å². The molecule has 2 aromatic carbocycles. The van der Waals surface area contributed by atoms with Crippen molar-refractivity contribution in [3.05, 3.63) is 82.1 Å². The van der Waals surface area contributed by atoms with Gasteiger partial charge in [-0.05, 0) is 56.7 Å². The van der Waals surface area contributed by atoms with Crippen LogP contribution in [0.15, 0.2) is 75.5 Å². The van der Waals surface area contributed by atoms with Crippen LogP contribution >= 0.6 is 0 Å². The lowest BCUT2D eigenvalue weighted by molar-refractivity contribution is -0.132. The van der Waals surface area contributed by atoms with Gasteiger partial charge in [-0.1, -0.05) is 11.6 Å². The van der Waals surface area contributed by atoms with Crippen molar-refractivity contribution >= 4 is 22.9 Å². The third-order valence-electron chi connectivity index (χ3n) is 5.41. The molecule has 0 aliphatic heterocycles. The van der Waals surface area contributed by atoms with Crippen molar-refractivity contribution in [3.63, 3.8) is 0 Å². The molecule has 3 rings (SSSR count). The van der Waals surface area contributed by atoms with Gasteiger partial charge >= 0.3 is 11.9 Å². The van der Waals surface area contributed by atoms with Crippen molar-refractivity contribution in [2.75, 3.05) is 20.3 Å². The van der Waals surface area contributed by atoms with Gasteiger partial charge in [0.05, 0.1) is 7.11 Å². The fourth-order valence-corrected chi connectivity index (χ4v) is 3.62. The van der Waals surface area contributed by atoms with Crippen molar-refractivity contribution in [2.24, 2.45) is 0 Å². The number of rotatable bonds is 12. The molecule has 0 saturated carbocycles. The first-order chi connectivity index (χ1) is 18.6. The highest BCUT2D eigenvalue weighted by Gasteiger charge is 2.24. The first-order valence-corrected chi connectivity index (χ1v) is 11.8. The highest BCUT2D eigenvalue weighted by molar-refractivity contribution is 5.91. The van der Waals surface area contributed by atoms with E-state index in [1.165, 1.54) is 25.3 Å². The molecule has 0 amide bonds. The van der Waals surface area contributed by atoms with Crippen LogP contribution in [0.1, 0.15) is 19.4 Å². The normalized spacial score (nSPS) is 11.2. The Bertz CT molecular complexity index is 1500. The predicted octanol–water partition coefficient (Wildman–Crippen LogP) is 4.72. The lowest BCUT2D eigenvalue weighted by Gasteiger charge is -2.16. The van der Waals surface area contributed by atoms with Gasteiger partial charge in [0, 0.05) is 29.3 Å². The van der Waals surface area contributed by atoms with Crippen LogP contribution < -0.4 is 19.6 Å². The van der Waals surface area contributed by atoms with E-state index in [2.05, 4.69) is 0 Å². The number of hydrogen-bond donors (Lipinski definition) is 3. The molecule has 1 aromatic heterocycles. The molecular formula is C29H28O10. The van der Waals surface area contributed by atoms with Gasteiger partial charge in [-0.2, -0.15) is 0 Å². The molecule has 1 heterocycles. The average Bonchev–Trinajstić information content (AvgIpc) is 2.88. The van der Waals surface area contributed by atoms with E-state index in [1.807, 2.05) is 19.9 Å². The van der Waals surface area contributed by atoms with Gasteiger partial charge in [-0.3, -0.25) is 4.79 Å². The number of fused-ring (bicyclic) bond motifs is 1. The highest BCUT2D eigenvalue weighted by atomic mass is 16.5. The van der Waals surface area contributed by atoms with Gasteiger partial charge in [0.2, 0.25) is 11.2 Å². The van der Waals surface area contributed by atoms with Crippen LogP contribution in [0.2, 0.25) is 0 Å². The third-order valence-corrected chi connectivity index (χ3v) is 5.41. The fraction of sp³-hybridized carbons (Fsp3) is 0.207. The van der Waals surface area contributed by atoms with Gasteiger partial charge < -0.3 is 33.9 Å². The van der Waals surface area contributed by atoms with Crippen LogP contribution in [0.5, 0.6) is 23.0 Å². The number of phenols is 1. The lowest BCUT2D eigenvalue weighted by atomic mass is 10.0. The summed E-state index contributed by atoms with van der Waals surface area (Å²) in [5.41, 5.74) is 1.30. The molecule has 3 N–H and O–H groups in total. The van der Waals surface area contributed by atoms with E-state index in [4.69, 9.17) is 28.8 Å². The van der Waals surface area contributed by atoms with E-state index in [9.17, 15) is 19.5 Å². The van der Waals surface area contributed by atoms with E-state index in [0.717, 1.165) is 17.7 Å². The molecule has 39 heavy (non-hydrogen) atoms. The molecule has 0 spiro atoms. The topological polar surface area (TPSA) is 153 Å². The number of ether oxygens (including phenoxy) is 3. The summed E-state index contributed by atoms with van der Waals surface area (Å²) in [5.74, 6) is -2.12. The first kappa shape index (κ1) is 28.6. The summed E-state index contributed by atoms with van der Waals surface area (Å²) in [6.07, 6.45) is 6.51. The minimum atomic E-state index is -1.17. The molecule has 0 atom stereocenters. The van der Waals surface area contributed by atoms with Crippen molar-refractivity contribution in [2.45, 2.75) is 20.3 Å². The average molecular weight is 537 g/mol. The first-order valence-electron chi connectivity index (χ1n) is 11.8. The number of aliphatic carboxylic acids is 2. The molecule has 0 aliphatic rings. The summed E-state index contributed by atoms with van der Waals surface area (Å²) in [6, 6.07) is 7.93. The maximum absolute atomic E-state index is 13.7. The fourth-order valence-electron chi connectivity index (χ4n) is 3.62. The second kappa shape index (κ2) is 13.0. The van der Waals surface area contributed by atoms with Gasteiger partial charge in [0.15, 0.2) is 5.76 Å². The van der Waals surface area contributed by atoms with E-state index < -0.39 is 23.1 Å². The summed E-state index contributed by atoms with van der Waals surface area (Å²) < 4.78 is 22.9. The van der Waals surface area contributed by atoms with Crippen LogP contribution in [0.4, 0.5) is 0 Å². The molecule has 0 radical (unpaired) electrons. The van der Waals surface area contributed by atoms with Crippen molar-refractivity contribution in [1.82, 2.24) is 0 Å². The van der Waals surface area contributed by atoms with Gasteiger partial charge in [0.25, 0.3) is 0 Å². The summed E-state index contributed by atoms with van der Waals surface area (Å²) >= 11 is 0. The molecule has 0 fully saturated rings. The number of phenolic OH excluding ortho intramolecular Hbond substituents is 1. The Labute approximate surface area is 223 Å². The van der Waals surface area contributed by atoms with Crippen LogP contribution in [0.3, 0.4) is 0 Å². The minimum absolute atomic E-state index is 0.0552.